The maximum atomic E-state index is 9.79. The predicted octanol–water partition coefficient (Wildman–Crippen LogP) is 4.55. The molecule has 0 aliphatic heterocycles. The molecular formula is C15H15Br2NO3. The van der Waals surface area contributed by atoms with Crippen LogP contribution in [0, 0.1) is 0 Å². The van der Waals surface area contributed by atoms with E-state index < -0.39 is 0 Å². The number of rotatable bonds is 5. The lowest BCUT2D eigenvalue weighted by Crippen LogP contribution is -2.00. The summed E-state index contributed by atoms with van der Waals surface area (Å²) in [6.45, 7) is 0.605. The van der Waals surface area contributed by atoms with Gasteiger partial charge in [-0.05, 0) is 67.8 Å². The van der Waals surface area contributed by atoms with Crippen molar-refractivity contribution in [2.45, 2.75) is 6.54 Å². The molecule has 2 aromatic rings. The second-order valence-corrected chi connectivity index (χ2v) is 6.04. The number of nitrogens with one attached hydrogen (secondary N) is 1. The second-order valence-electron chi connectivity index (χ2n) is 4.33. The number of methoxy groups -OCH3 is 2. The Kier molecular flexibility index (Phi) is 5.36. The Morgan fingerprint density at radius 3 is 2.33 bits per heavy atom. The fraction of sp³-hybridized carbons (Fsp3) is 0.200. The van der Waals surface area contributed by atoms with E-state index in [1.54, 1.807) is 13.2 Å². The quantitative estimate of drug-likeness (QED) is 0.750. The summed E-state index contributed by atoms with van der Waals surface area (Å²) in [6.07, 6.45) is 0. The smallest absolute Gasteiger partial charge is 0.172 e. The van der Waals surface area contributed by atoms with Crippen molar-refractivity contribution in [2.75, 3.05) is 19.5 Å². The van der Waals surface area contributed by atoms with Gasteiger partial charge in [0.25, 0.3) is 0 Å². The van der Waals surface area contributed by atoms with Crippen LogP contribution in [-0.4, -0.2) is 19.3 Å². The molecule has 2 N–H and O–H groups in total. The van der Waals surface area contributed by atoms with Crippen molar-refractivity contribution in [1.29, 1.82) is 0 Å². The third-order valence-corrected chi connectivity index (χ3v) is 4.18. The van der Waals surface area contributed by atoms with Gasteiger partial charge in [0.15, 0.2) is 11.5 Å². The maximum Gasteiger partial charge on any atom is 0.172 e. The van der Waals surface area contributed by atoms with Gasteiger partial charge >= 0.3 is 0 Å². The van der Waals surface area contributed by atoms with E-state index in [4.69, 9.17) is 9.47 Å². The molecule has 0 unspecified atom stereocenters. The van der Waals surface area contributed by atoms with E-state index in [1.807, 2.05) is 24.3 Å². The Morgan fingerprint density at radius 2 is 1.71 bits per heavy atom. The van der Waals surface area contributed by atoms with Gasteiger partial charge in [0.2, 0.25) is 0 Å². The van der Waals surface area contributed by atoms with Crippen molar-refractivity contribution in [3.63, 3.8) is 0 Å². The van der Waals surface area contributed by atoms with Crippen LogP contribution in [0.3, 0.4) is 0 Å². The molecule has 0 aromatic heterocycles. The molecule has 0 aliphatic carbocycles. The highest BCUT2D eigenvalue weighted by Gasteiger charge is 2.08. The summed E-state index contributed by atoms with van der Waals surface area (Å²) in [6, 6.07) is 9.43. The Morgan fingerprint density at radius 1 is 1.00 bits per heavy atom. The van der Waals surface area contributed by atoms with Gasteiger partial charge in [0, 0.05) is 12.2 Å². The van der Waals surface area contributed by atoms with Crippen LogP contribution >= 0.6 is 31.9 Å². The van der Waals surface area contributed by atoms with Crippen molar-refractivity contribution in [2.24, 2.45) is 0 Å². The third-order valence-electron chi connectivity index (χ3n) is 2.96. The van der Waals surface area contributed by atoms with Gasteiger partial charge in [0.1, 0.15) is 5.75 Å². The number of aromatic hydroxyl groups is 1. The molecule has 4 nitrogen and oxygen atoms in total. The maximum absolute atomic E-state index is 9.79. The molecule has 112 valence electrons. The van der Waals surface area contributed by atoms with Gasteiger partial charge in [0.05, 0.1) is 23.2 Å². The Labute approximate surface area is 140 Å². The first-order chi connectivity index (χ1) is 10.0. The zero-order chi connectivity index (χ0) is 15.4. The van der Waals surface area contributed by atoms with Gasteiger partial charge < -0.3 is 19.9 Å². The number of hydrogen-bond acceptors (Lipinski definition) is 4. The van der Waals surface area contributed by atoms with Crippen molar-refractivity contribution in [3.8, 4) is 17.2 Å². The Hall–Kier alpha value is -1.40. The van der Waals surface area contributed by atoms with E-state index in [0.717, 1.165) is 21.5 Å². The summed E-state index contributed by atoms with van der Waals surface area (Å²) in [4.78, 5) is 0. The van der Waals surface area contributed by atoms with Gasteiger partial charge in [-0.15, -0.1) is 0 Å². The molecule has 6 heteroatoms. The highest BCUT2D eigenvalue weighted by Crippen LogP contribution is 2.35. The van der Waals surface area contributed by atoms with Crippen molar-refractivity contribution < 1.29 is 14.6 Å². The van der Waals surface area contributed by atoms with Crippen LogP contribution in [0.25, 0.3) is 0 Å². The van der Waals surface area contributed by atoms with Crippen molar-refractivity contribution in [3.05, 3.63) is 44.8 Å². The van der Waals surface area contributed by atoms with Crippen molar-refractivity contribution >= 4 is 37.5 Å². The van der Waals surface area contributed by atoms with Gasteiger partial charge in [-0.3, -0.25) is 0 Å². The van der Waals surface area contributed by atoms with Gasteiger partial charge in [-0.1, -0.05) is 0 Å². The highest BCUT2D eigenvalue weighted by molar-refractivity contribution is 9.10. The molecule has 2 aromatic carbocycles. The fourth-order valence-corrected chi connectivity index (χ4v) is 2.90. The molecule has 0 aliphatic rings. The van der Waals surface area contributed by atoms with Crippen molar-refractivity contribution in [1.82, 2.24) is 0 Å². The van der Waals surface area contributed by atoms with E-state index >= 15 is 0 Å². The number of hydrogen-bond donors (Lipinski definition) is 2. The minimum Gasteiger partial charge on any atom is -0.503 e. The first-order valence-corrected chi connectivity index (χ1v) is 7.76. The fourth-order valence-electron chi connectivity index (χ4n) is 1.87. The molecular weight excluding hydrogens is 402 g/mol. The van der Waals surface area contributed by atoms with Crippen LogP contribution < -0.4 is 14.8 Å². The molecule has 21 heavy (non-hydrogen) atoms. The lowest BCUT2D eigenvalue weighted by Gasteiger charge is -2.12. The largest absolute Gasteiger partial charge is 0.503 e. The van der Waals surface area contributed by atoms with Gasteiger partial charge in [-0.2, -0.15) is 0 Å². The topological polar surface area (TPSA) is 50.7 Å². The number of halogens is 2. The molecule has 0 radical (unpaired) electrons. The number of ether oxygens (including phenoxy) is 2. The van der Waals surface area contributed by atoms with E-state index in [9.17, 15) is 5.11 Å². The molecule has 0 spiro atoms. The predicted molar refractivity (Wildman–Crippen MR) is 90.4 cm³/mol. The summed E-state index contributed by atoms with van der Waals surface area (Å²) < 4.78 is 11.8. The monoisotopic (exact) mass is 415 g/mol. The first kappa shape index (κ1) is 16.0. The number of benzene rings is 2. The zero-order valence-corrected chi connectivity index (χ0v) is 14.8. The van der Waals surface area contributed by atoms with Crippen LogP contribution in [0.1, 0.15) is 5.56 Å². The summed E-state index contributed by atoms with van der Waals surface area (Å²) in [5.74, 6) is 1.33. The molecule has 2 rings (SSSR count). The summed E-state index contributed by atoms with van der Waals surface area (Å²) >= 11 is 6.76. The lowest BCUT2D eigenvalue weighted by atomic mass is 10.2. The first-order valence-electron chi connectivity index (χ1n) is 6.18. The molecule has 0 fully saturated rings. The summed E-state index contributed by atoms with van der Waals surface area (Å²) in [5.41, 5.74) is 1.95. The average molecular weight is 417 g/mol. The van der Waals surface area contributed by atoms with E-state index in [1.165, 1.54) is 7.11 Å². The molecule has 0 amide bonds. The van der Waals surface area contributed by atoms with Crippen LogP contribution in [0.15, 0.2) is 39.3 Å². The molecule has 0 bridgehead atoms. The summed E-state index contributed by atoms with van der Waals surface area (Å²) in [7, 11) is 3.16. The van der Waals surface area contributed by atoms with E-state index in [-0.39, 0.29) is 5.75 Å². The number of phenolic OH excluding ortho intramolecular Hbond substituents is 1. The van der Waals surface area contributed by atoms with E-state index in [2.05, 4.69) is 37.2 Å². The minimum absolute atomic E-state index is 0.105. The summed E-state index contributed by atoms with van der Waals surface area (Å²) in [5, 5.41) is 13.1. The van der Waals surface area contributed by atoms with E-state index in [0.29, 0.717) is 16.8 Å². The highest BCUT2D eigenvalue weighted by atomic mass is 79.9. The standard InChI is InChI=1S/C15H15Br2NO3/c1-20-13-4-3-10(7-11(13)16)18-8-9-5-12(17)15(19)14(6-9)21-2/h3-7,18-19H,8H2,1-2H3. The zero-order valence-electron chi connectivity index (χ0n) is 11.6. The number of phenols is 1. The Bertz CT molecular complexity index is 647. The minimum atomic E-state index is 0.105. The Balaban J connectivity index is 2.13. The van der Waals surface area contributed by atoms with Crippen LogP contribution in [0.2, 0.25) is 0 Å². The normalized spacial score (nSPS) is 10.3. The third kappa shape index (κ3) is 3.83. The SMILES string of the molecule is COc1ccc(NCc2cc(Br)c(O)c(OC)c2)cc1Br. The molecule has 0 atom stereocenters. The second kappa shape index (κ2) is 7.04. The van der Waals surface area contributed by atoms with Crippen LogP contribution in [-0.2, 0) is 6.54 Å². The lowest BCUT2D eigenvalue weighted by molar-refractivity contribution is 0.371. The molecule has 0 saturated heterocycles. The number of anilines is 1. The van der Waals surface area contributed by atoms with Crippen LogP contribution in [0.5, 0.6) is 17.2 Å². The molecule has 0 heterocycles. The average Bonchev–Trinajstić information content (AvgIpc) is 2.48. The van der Waals surface area contributed by atoms with Crippen LogP contribution in [0.4, 0.5) is 5.69 Å². The van der Waals surface area contributed by atoms with Gasteiger partial charge in [-0.25, -0.2) is 0 Å². The molecule has 0 saturated carbocycles.